The second-order valence-corrected chi connectivity index (χ2v) is 15.4. The first kappa shape index (κ1) is 37.9. The molecule has 2 aromatic rings. The van der Waals surface area contributed by atoms with Gasteiger partial charge in [-0.05, 0) is 86.7 Å². The molecule has 3 fully saturated rings. The highest BCUT2D eigenvalue weighted by Gasteiger charge is 2.58. The maximum atomic E-state index is 14.9. The smallest absolute Gasteiger partial charge is 0.408 e. The third-order valence-electron chi connectivity index (χ3n) is 9.66. The van der Waals surface area contributed by atoms with E-state index in [-0.39, 0.29) is 18.4 Å². The summed E-state index contributed by atoms with van der Waals surface area (Å²) >= 11 is 1.23. The molecule has 53 heavy (non-hydrogen) atoms. The molecule has 0 aromatic heterocycles. The third kappa shape index (κ3) is 8.36. The summed E-state index contributed by atoms with van der Waals surface area (Å²) in [7, 11) is 0. The maximum Gasteiger partial charge on any atom is 0.408 e. The number of amides is 3. The number of piperidine rings is 1. The van der Waals surface area contributed by atoms with Gasteiger partial charge in [0.1, 0.15) is 23.6 Å². The molecule has 0 bridgehead atoms. The van der Waals surface area contributed by atoms with E-state index in [0.717, 1.165) is 0 Å². The van der Waals surface area contributed by atoms with Gasteiger partial charge >= 0.3 is 18.0 Å². The molecule has 0 aliphatic carbocycles. The maximum absolute atomic E-state index is 14.9. The number of nitrogens with zero attached hydrogens (tertiary/aromatic N) is 1. The summed E-state index contributed by atoms with van der Waals surface area (Å²) in [5.41, 5.74) is 1.70. The Morgan fingerprint density at radius 1 is 1.00 bits per heavy atom. The Kier molecular flexibility index (Phi) is 11.7. The van der Waals surface area contributed by atoms with Crippen LogP contribution < -0.4 is 16.0 Å². The Hall–Kier alpha value is -4.88. The molecule has 4 aliphatic heterocycles. The molecule has 1 unspecified atom stereocenters. The Labute approximate surface area is 313 Å². The second-order valence-electron chi connectivity index (χ2n) is 14.4. The summed E-state index contributed by atoms with van der Waals surface area (Å²) in [6.45, 7) is 10.5. The van der Waals surface area contributed by atoms with Gasteiger partial charge in [-0.25, -0.2) is 9.59 Å². The molecule has 3 N–H and O–H groups in total. The van der Waals surface area contributed by atoms with E-state index in [1.165, 1.54) is 22.7 Å². The number of fused-ring (bicyclic) bond motifs is 1. The van der Waals surface area contributed by atoms with Gasteiger partial charge in [0.05, 0.1) is 5.92 Å². The minimum absolute atomic E-state index is 0.0328. The number of hydrogen-bond donors (Lipinski definition) is 3. The van der Waals surface area contributed by atoms with Crippen molar-refractivity contribution in [2.45, 2.75) is 69.2 Å². The highest BCUT2D eigenvalue weighted by molar-refractivity contribution is 8.03. The number of β-lactam (4-membered cyclic amide) rings is 1. The van der Waals surface area contributed by atoms with E-state index in [1.54, 1.807) is 26.2 Å². The summed E-state index contributed by atoms with van der Waals surface area (Å²) in [5, 5.41) is 9.92. The van der Waals surface area contributed by atoms with Crippen LogP contribution in [0.3, 0.4) is 0 Å². The van der Waals surface area contributed by atoms with Crippen LogP contribution in [0.5, 0.6) is 0 Å². The monoisotopic (exact) mass is 742 g/mol. The van der Waals surface area contributed by atoms with Crippen molar-refractivity contribution in [3.63, 3.8) is 0 Å². The molecule has 4 aliphatic rings. The lowest BCUT2D eigenvalue weighted by Gasteiger charge is -2.52. The first-order valence-corrected chi connectivity index (χ1v) is 18.9. The van der Waals surface area contributed by atoms with Gasteiger partial charge in [0, 0.05) is 12.1 Å². The fraction of sp³-hybridized carbons (Fsp3) is 0.425. The summed E-state index contributed by atoms with van der Waals surface area (Å²) < 4.78 is 17.5. The van der Waals surface area contributed by atoms with Crippen molar-refractivity contribution in [3.8, 4) is 0 Å². The minimum atomic E-state index is -1.35. The average molecular weight is 743 g/mol. The van der Waals surface area contributed by atoms with E-state index in [1.807, 2.05) is 60.7 Å². The fourth-order valence-corrected chi connectivity index (χ4v) is 8.56. The van der Waals surface area contributed by atoms with Crippen LogP contribution in [0.15, 0.2) is 95.4 Å². The normalized spacial score (nSPS) is 23.1. The molecule has 280 valence electrons. The Morgan fingerprint density at radius 3 is 2.21 bits per heavy atom. The lowest BCUT2D eigenvalue weighted by molar-refractivity contribution is -0.164. The lowest BCUT2D eigenvalue weighted by Crippen LogP contribution is -2.74. The quantitative estimate of drug-likeness (QED) is 0.0984. The predicted octanol–water partition coefficient (Wildman–Crippen LogP) is 4.54. The van der Waals surface area contributed by atoms with Crippen molar-refractivity contribution in [1.82, 2.24) is 20.9 Å². The van der Waals surface area contributed by atoms with Crippen molar-refractivity contribution in [1.29, 1.82) is 0 Å². The first-order valence-electron chi connectivity index (χ1n) is 18.0. The standard InChI is InChI=1S/C40H46N4O8S/c1-5-22-50-37(47)29(24-16-19-41-20-17-24)30(27-18-21-42-34(27)45)28-23-53-36-31(43-39(49)52-40(2,3)4)35(46)44(36)32(28)38(48)51-33(25-12-8-6-9-13-25)26-14-10-7-11-15-26/h5-15,23-24,29,31-33,36,41H,1,16-22H2,2-4H3,(H,42,45)(H,43,49)/t29?,31-,32-,36-/m1/s1. The summed E-state index contributed by atoms with van der Waals surface area (Å²) in [6, 6.07) is 16.2. The van der Waals surface area contributed by atoms with Crippen LogP contribution in [0.4, 0.5) is 4.79 Å². The van der Waals surface area contributed by atoms with Crippen molar-refractivity contribution in [2.75, 3.05) is 26.2 Å². The number of nitrogens with one attached hydrogen (secondary N) is 3. The molecular formula is C40H46N4O8S. The molecular weight excluding hydrogens is 697 g/mol. The molecule has 4 heterocycles. The van der Waals surface area contributed by atoms with Crippen molar-refractivity contribution in [2.24, 2.45) is 11.8 Å². The summed E-state index contributed by atoms with van der Waals surface area (Å²) in [6.07, 6.45) is 1.44. The Bertz CT molecular complexity index is 1740. The van der Waals surface area contributed by atoms with Crippen molar-refractivity contribution >= 4 is 41.6 Å². The van der Waals surface area contributed by atoms with Gasteiger partial charge in [-0.15, -0.1) is 11.8 Å². The zero-order chi connectivity index (χ0) is 37.7. The number of ether oxygens (including phenoxy) is 3. The van der Waals surface area contributed by atoms with Crippen molar-refractivity contribution < 1.29 is 38.2 Å². The van der Waals surface area contributed by atoms with Gasteiger partial charge in [0.15, 0.2) is 12.1 Å². The highest BCUT2D eigenvalue weighted by atomic mass is 32.2. The fourth-order valence-electron chi connectivity index (χ4n) is 7.32. The van der Waals surface area contributed by atoms with E-state index in [0.29, 0.717) is 66.7 Å². The number of benzene rings is 2. The molecule has 3 saturated heterocycles. The molecule has 0 radical (unpaired) electrons. The van der Waals surface area contributed by atoms with E-state index < -0.39 is 59.0 Å². The Balaban J connectivity index is 1.46. The number of rotatable bonds is 11. The van der Waals surface area contributed by atoms with E-state index in [9.17, 15) is 24.0 Å². The molecule has 0 spiro atoms. The molecule has 0 saturated carbocycles. The lowest BCUT2D eigenvalue weighted by atomic mass is 9.74. The van der Waals surface area contributed by atoms with Crippen LogP contribution in [0.25, 0.3) is 0 Å². The number of esters is 2. The van der Waals surface area contributed by atoms with Crippen molar-refractivity contribution in [3.05, 3.63) is 107 Å². The van der Waals surface area contributed by atoms with E-state index >= 15 is 0 Å². The highest BCUT2D eigenvalue weighted by Crippen LogP contribution is 2.47. The van der Waals surface area contributed by atoms with Gasteiger partial charge in [0.2, 0.25) is 11.8 Å². The van der Waals surface area contributed by atoms with Crippen LogP contribution >= 0.6 is 11.8 Å². The molecule has 12 nitrogen and oxygen atoms in total. The van der Waals surface area contributed by atoms with Gasteiger partial charge in [-0.3, -0.25) is 14.4 Å². The summed E-state index contributed by atoms with van der Waals surface area (Å²) in [5.74, 6) is -3.29. The molecule has 2 aromatic carbocycles. The predicted molar refractivity (Wildman–Crippen MR) is 199 cm³/mol. The zero-order valence-corrected chi connectivity index (χ0v) is 31.0. The van der Waals surface area contributed by atoms with E-state index in [4.69, 9.17) is 14.2 Å². The van der Waals surface area contributed by atoms with Crippen LogP contribution in [0, 0.1) is 11.8 Å². The van der Waals surface area contributed by atoms with Gasteiger partial charge in [-0.2, -0.15) is 0 Å². The van der Waals surface area contributed by atoms with Gasteiger partial charge in [0.25, 0.3) is 0 Å². The van der Waals surface area contributed by atoms with Crippen LogP contribution in [-0.2, 0) is 33.4 Å². The topological polar surface area (TPSA) is 152 Å². The number of carbonyl (C=O) groups is 5. The number of thioether (sulfide) groups is 1. The van der Waals surface area contributed by atoms with Crippen LogP contribution in [0.1, 0.15) is 57.3 Å². The SMILES string of the molecule is C=CCOC(=O)C(C(C1=CS[C@@H]2[C@H](NC(=O)OC(C)(C)C)C(=O)N2[C@H]1C(=O)OC(c1ccccc1)c1ccccc1)=C1CCNC1=O)C1CCNCC1. The first-order chi connectivity index (χ1) is 25.5. The van der Waals surface area contributed by atoms with Crippen LogP contribution in [-0.4, -0.2) is 84.0 Å². The minimum Gasteiger partial charge on any atom is -0.461 e. The Morgan fingerprint density at radius 2 is 1.64 bits per heavy atom. The average Bonchev–Trinajstić information content (AvgIpc) is 3.58. The molecule has 13 heteroatoms. The zero-order valence-electron chi connectivity index (χ0n) is 30.2. The molecule has 6 rings (SSSR count). The van der Waals surface area contributed by atoms with Gasteiger partial charge < -0.3 is 35.1 Å². The molecule has 4 atom stereocenters. The third-order valence-corrected chi connectivity index (χ3v) is 10.8. The van der Waals surface area contributed by atoms with Crippen LogP contribution in [0.2, 0.25) is 0 Å². The second kappa shape index (κ2) is 16.4. The summed E-state index contributed by atoms with van der Waals surface area (Å²) in [4.78, 5) is 71.0. The van der Waals surface area contributed by atoms with E-state index in [2.05, 4.69) is 22.5 Å². The number of alkyl carbamates (subject to hydrolysis) is 1. The molecule has 3 amide bonds. The largest absolute Gasteiger partial charge is 0.461 e. The van der Waals surface area contributed by atoms with Gasteiger partial charge in [-0.1, -0.05) is 73.3 Å². The number of hydrogen-bond acceptors (Lipinski definition) is 10. The number of carbonyl (C=O) groups excluding carboxylic acids is 5.